The summed E-state index contributed by atoms with van der Waals surface area (Å²) < 4.78 is 39.3. The summed E-state index contributed by atoms with van der Waals surface area (Å²) in [5.74, 6) is -8.22. The molecule has 2 saturated heterocycles. The monoisotopic (exact) mass is 1300 g/mol. The van der Waals surface area contributed by atoms with Crippen molar-refractivity contribution in [1.29, 1.82) is 0 Å². The van der Waals surface area contributed by atoms with Gasteiger partial charge >= 0.3 is 6.09 Å². The number of aldehydes is 1. The van der Waals surface area contributed by atoms with Crippen molar-refractivity contribution in [3.8, 4) is 10.7 Å². The maximum atomic E-state index is 15.1. The molecule has 0 radical (unpaired) electrons. The molecule has 7 amide bonds. The van der Waals surface area contributed by atoms with E-state index in [0.29, 0.717) is 22.0 Å². The number of nitrogen functional groups attached to an aromatic ring is 1. The molecule has 0 aromatic carbocycles. The highest BCUT2D eigenvalue weighted by molar-refractivity contribution is 7.14. The Morgan fingerprint density at radius 2 is 1.48 bits per heavy atom. The number of hydrogen-bond donors (Lipinski definition) is 17. The van der Waals surface area contributed by atoms with Crippen LogP contribution in [0.3, 0.4) is 0 Å². The van der Waals surface area contributed by atoms with Gasteiger partial charge in [0, 0.05) is 56.5 Å². The molecule has 19 atom stereocenters. The Morgan fingerprint density at radius 1 is 0.809 bits per heavy atom. The number of nitrogens with zero attached hydrogens (tertiary/aromatic N) is 5. The Kier molecular flexibility index (Phi) is 25.3. The smallest absolute Gasteiger partial charge is 0.404 e. The Labute approximate surface area is 513 Å². The van der Waals surface area contributed by atoms with Crippen molar-refractivity contribution in [3.63, 3.8) is 0 Å². The first kappa shape index (κ1) is 70.6. The lowest BCUT2D eigenvalue weighted by atomic mass is 9.96. The van der Waals surface area contributed by atoms with Gasteiger partial charge in [-0.2, -0.15) is 0 Å². The number of aliphatic hydroxyl groups is 6. The lowest BCUT2D eigenvalue weighted by Crippen LogP contribution is -2.65. The number of carbonyl (C=O) groups is 8. The molecule has 0 saturated carbocycles. The SMILES string of the molecule is CO[C@H]1O[C@H](O[C@@H](c2cnc[nH]2)[C@H](NC(=O)c2nc([C@H](CC(N)=O)NC[C@H](N)C(N)=O)nc(N)c2C)C(=O)N[C@H](C)[C@@H](O)[C@H](C)C(=O)N[C@H](C(=O)NCCc2nc(-c3nc(C=O)cs3)cs2)[C@H](C)O)[C@H](O[C@@H]2O[C@@H](OC)[C@H](O)[C@@H](OC(N)=O)[C@H]2O)[C@H](O)[C@H]1O. The number of hydrogen-bond acceptors (Lipinski definition) is 31. The van der Waals surface area contributed by atoms with Crippen molar-refractivity contribution in [3.05, 3.63) is 56.8 Å². The van der Waals surface area contributed by atoms with Crippen LogP contribution in [0.25, 0.3) is 10.7 Å². The van der Waals surface area contributed by atoms with E-state index >= 15 is 4.79 Å². The minimum Gasteiger partial charge on any atom is -0.440 e. The molecule has 39 heteroatoms. The molecule has 4 aromatic heterocycles. The number of anilines is 1. The number of H-pyrrole nitrogens is 1. The van der Waals surface area contributed by atoms with Crippen LogP contribution in [0.15, 0.2) is 23.3 Å². The van der Waals surface area contributed by atoms with Crippen molar-refractivity contribution in [2.24, 2.45) is 28.9 Å². The van der Waals surface area contributed by atoms with Crippen LogP contribution in [0.5, 0.6) is 0 Å². The van der Waals surface area contributed by atoms with Crippen molar-refractivity contribution in [1.82, 2.24) is 56.5 Å². The summed E-state index contributed by atoms with van der Waals surface area (Å²) in [6.07, 6.45) is -23.9. The zero-order valence-electron chi connectivity index (χ0n) is 48.4. The molecule has 89 heavy (non-hydrogen) atoms. The minimum absolute atomic E-state index is 0.0126. The molecular weight excluding hydrogens is 1220 g/mol. The van der Waals surface area contributed by atoms with E-state index in [0.717, 1.165) is 26.7 Å². The minimum atomic E-state index is -2.14. The number of amides is 7. The number of carbonyl (C=O) groups excluding carboxylic acids is 8. The largest absolute Gasteiger partial charge is 0.440 e. The average Bonchev–Trinajstić information content (AvgIpc) is 1.66. The number of aliphatic hydroxyl groups excluding tert-OH is 6. The second kappa shape index (κ2) is 31.8. The van der Waals surface area contributed by atoms with E-state index in [9.17, 15) is 64.2 Å². The second-order valence-electron chi connectivity index (χ2n) is 20.4. The van der Waals surface area contributed by atoms with Gasteiger partial charge in [-0.05, 0) is 20.8 Å². The number of nitrogens with one attached hydrogen (secondary N) is 6. The first-order valence-corrected chi connectivity index (χ1v) is 28.8. The van der Waals surface area contributed by atoms with E-state index in [1.54, 1.807) is 10.8 Å². The second-order valence-corrected chi connectivity index (χ2v) is 22.2. The van der Waals surface area contributed by atoms with Crippen LogP contribution in [-0.2, 0) is 63.6 Å². The first-order chi connectivity index (χ1) is 42.1. The molecule has 6 rings (SSSR count). The van der Waals surface area contributed by atoms with Crippen molar-refractivity contribution in [2.45, 2.75) is 151 Å². The number of ether oxygens (including phenoxy) is 7. The number of aromatic amines is 1. The molecule has 37 nitrogen and oxygen atoms in total. The van der Waals surface area contributed by atoms with E-state index in [4.69, 9.17) is 61.8 Å². The first-order valence-electron chi connectivity index (χ1n) is 27.0. The predicted octanol–water partition coefficient (Wildman–Crippen LogP) is -6.67. The summed E-state index contributed by atoms with van der Waals surface area (Å²) >= 11 is 2.51. The molecule has 490 valence electrons. The predicted molar refractivity (Wildman–Crippen MR) is 303 cm³/mol. The summed E-state index contributed by atoms with van der Waals surface area (Å²) in [5, 5.41) is 84.7. The van der Waals surface area contributed by atoms with Crippen LogP contribution in [-0.4, -0.2) is 234 Å². The van der Waals surface area contributed by atoms with Crippen molar-refractivity contribution in [2.75, 3.05) is 33.0 Å². The molecule has 0 spiro atoms. The molecule has 22 N–H and O–H groups in total. The molecule has 0 aliphatic carbocycles. The van der Waals surface area contributed by atoms with Crippen LogP contribution < -0.4 is 55.3 Å². The lowest BCUT2D eigenvalue weighted by molar-refractivity contribution is -0.404. The van der Waals surface area contributed by atoms with E-state index in [-0.39, 0.29) is 48.1 Å². The zero-order chi connectivity index (χ0) is 65.7. The number of primary amides is 3. The van der Waals surface area contributed by atoms with E-state index in [1.165, 1.54) is 50.4 Å². The molecule has 0 bridgehead atoms. The third-order valence-electron chi connectivity index (χ3n) is 14.0. The topological polar surface area (TPSA) is 593 Å². The van der Waals surface area contributed by atoms with Gasteiger partial charge in [0.2, 0.25) is 29.5 Å². The molecule has 0 unspecified atom stereocenters. The fourth-order valence-corrected chi connectivity index (χ4v) is 10.6. The third kappa shape index (κ3) is 17.9. The van der Waals surface area contributed by atoms with Crippen molar-refractivity contribution < 1.29 is 102 Å². The lowest BCUT2D eigenvalue weighted by Gasteiger charge is -2.46. The average molecular weight is 1300 g/mol. The number of rotatable bonds is 31. The van der Waals surface area contributed by atoms with Crippen LogP contribution in [0.4, 0.5) is 10.6 Å². The number of nitrogens with two attached hydrogens (primary N) is 5. The number of imidazole rings is 1. The molecule has 2 fully saturated rings. The zero-order valence-corrected chi connectivity index (χ0v) is 50.1. The number of methoxy groups -OCH3 is 2. The Morgan fingerprint density at radius 3 is 2.09 bits per heavy atom. The van der Waals surface area contributed by atoms with Gasteiger partial charge in [0.05, 0.1) is 59.5 Å². The highest BCUT2D eigenvalue weighted by Crippen LogP contribution is 2.35. The van der Waals surface area contributed by atoms with Crippen LogP contribution >= 0.6 is 22.7 Å². The Bertz CT molecular complexity index is 3090. The van der Waals surface area contributed by atoms with Gasteiger partial charge in [-0.15, -0.1) is 22.7 Å². The van der Waals surface area contributed by atoms with Crippen LogP contribution in [0, 0.1) is 12.8 Å². The fraction of sp³-hybridized carbons (Fsp3) is 0.580. The summed E-state index contributed by atoms with van der Waals surface area (Å²) in [5.41, 5.74) is 28.1. The molecular formula is C50H72N16O21S2. The summed E-state index contributed by atoms with van der Waals surface area (Å²) in [7, 11) is 2.14. The highest BCUT2D eigenvalue weighted by atomic mass is 32.1. The summed E-state index contributed by atoms with van der Waals surface area (Å²) in [6, 6.07) is -7.73. The van der Waals surface area contributed by atoms with Gasteiger partial charge in [0.1, 0.15) is 82.4 Å². The van der Waals surface area contributed by atoms with Crippen LogP contribution in [0.1, 0.15) is 82.4 Å². The number of aromatic nitrogens is 6. The summed E-state index contributed by atoms with van der Waals surface area (Å²) in [4.78, 5) is 128. The third-order valence-corrected chi connectivity index (χ3v) is 15.8. The van der Waals surface area contributed by atoms with Gasteiger partial charge in [0.25, 0.3) is 5.91 Å². The van der Waals surface area contributed by atoms with Crippen LogP contribution in [0.2, 0.25) is 0 Å². The van der Waals surface area contributed by atoms with E-state index < -0.39 is 170 Å². The molecule has 2 aliphatic rings. The highest BCUT2D eigenvalue weighted by Gasteiger charge is 2.54. The fourth-order valence-electron chi connectivity index (χ4n) is 9.00. The molecule has 2 aliphatic heterocycles. The van der Waals surface area contributed by atoms with Gasteiger partial charge in [-0.25, -0.2) is 29.7 Å². The quantitative estimate of drug-likeness (QED) is 0.0208. The standard InChI is InChI=1S/C50H72N16O21S2/c1-16-27(63-40(66-38(16)53)22(9-25(52)69)58-10-21(51)39(54)75)43(78)65-29(35(23-11-56-15-59-23)83-49-37(31(71)32(72)46(81-5)87-49)84-48-34(74)36(85-50(55)80)33(73)47(82-6)86-48)44(79)60-18(3)30(70)17(2)41(76)64-28(19(4)68)42(77)57-8-7-26-62-24(14-88-26)45-61-20(12-67)13-89-45/h11-15,17-19,21-22,28-37,46-49,58,68,70-74H,7-10,51H2,1-6H3,(H2,52,69)(H2,54,75)(H2,55,80)(H,56,59)(H,57,77)(H,60,79)(H,64,76)(H,65,78)(H2,53,63,66)/t17-,18+,19-,21-,22-,28-,29-,30-,31+,32+,33+,34+,35-,36+,37+,46-,47+,48+,49-/m0/s1. The van der Waals surface area contributed by atoms with E-state index in [1.807, 2.05) is 0 Å². The maximum Gasteiger partial charge on any atom is 0.404 e. The summed E-state index contributed by atoms with van der Waals surface area (Å²) in [6.45, 7) is 4.73. The Balaban J connectivity index is 1.31. The van der Waals surface area contributed by atoms with Crippen molar-refractivity contribution >= 4 is 76.3 Å². The van der Waals surface area contributed by atoms with Gasteiger partial charge < -0.3 is 124 Å². The van der Waals surface area contributed by atoms with Gasteiger partial charge in [0.15, 0.2) is 37.6 Å². The normalized spacial score (nSPS) is 24.9. The maximum absolute atomic E-state index is 15.1. The Hall–Kier alpha value is -7.45. The molecule has 6 heterocycles. The number of thiazole rings is 2. The van der Waals surface area contributed by atoms with E-state index in [2.05, 4.69) is 56.5 Å². The molecule has 4 aromatic rings. The van der Waals surface area contributed by atoms with Gasteiger partial charge in [-0.3, -0.25) is 33.6 Å². The van der Waals surface area contributed by atoms with Gasteiger partial charge in [-0.1, -0.05) is 6.92 Å².